The van der Waals surface area contributed by atoms with Gasteiger partial charge in [-0.2, -0.15) is 5.10 Å². The van der Waals surface area contributed by atoms with E-state index in [1.165, 1.54) is 23.4 Å². The first kappa shape index (κ1) is 17.2. The molecule has 0 unspecified atom stereocenters. The summed E-state index contributed by atoms with van der Waals surface area (Å²) in [5, 5.41) is 21.4. The zero-order valence-electron chi connectivity index (χ0n) is 15.4. The molecule has 1 saturated heterocycles. The van der Waals surface area contributed by atoms with Crippen molar-refractivity contribution in [1.82, 2.24) is 25.1 Å². The molecular weight excluding hydrogens is 330 g/mol. The smallest absolute Gasteiger partial charge is 0.134 e. The van der Waals surface area contributed by atoms with Crippen LogP contribution >= 0.6 is 0 Å². The quantitative estimate of drug-likeness (QED) is 0.692. The second-order valence-corrected chi connectivity index (χ2v) is 7.19. The number of nitrogens with zero attached hydrogens (tertiary/aromatic N) is 5. The Morgan fingerprint density at radius 3 is 3.04 bits per heavy atom. The van der Waals surface area contributed by atoms with Gasteiger partial charge in [-0.1, -0.05) is 0 Å². The van der Waals surface area contributed by atoms with Crippen molar-refractivity contribution in [3.63, 3.8) is 0 Å². The Morgan fingerprint density at radius 2 is 2.19 bits per heavy atom. The Hall–Kier alpha value is -2.19. The van der Waals surface area contributed by atoms with E-state index in [2.05, 4.69) is 30.6 Å². The van der Waals surface area contributed by atoms with Crippen molar-refractivity contribution < 1.29 is 5.11 Å². The van der Waals surface area contributed by atoms with Crippen LogP contribution in [0.2, 0.25) is 0 Å². The fourth-order valence-corrected chi connectivity index (χ4v) is 4.17. The van der Waals surface area contributed by atoms with Crippen molar-refractivity contribution in [2.75, 3.05) is 30.4 Å². The topological polar surface area (TPSA) is 91.1 Å². The van der Waals surface area contributed by atoms with Gasteiger partial charge in [-0.15, -0.1) is 0 Å². The van der Waals surface area contributed by atoms with Crippen molar-refractivity contribution >= 4 is 11.6 Å². The molecule has 26 heavy (non-hydrogen) atoms. The van der Waals surface area contributed by atoms with E-state index in [1.54, 1.807) is 6.33 Å². The molecule has 2 aliphatic rings. The Balaban J connectivity index is 1.42. The van der Waals surface area contributed by atoms with Gasteiger partial charge in [0.15, 0.2) is 0 Å². The summed E-state index contributed by atoms with van der Waals surface area (Å²) < 4.78 is 2.02. The number of aromatic nitrogens is 4. The van der Waals surface area contributed by atoms with Gasteiger partial charge in [-0.25, -0.2) is 9.97 Å². The van der Waals surface area contributed by atoms with Crippen LogP contribution < -0.4 is 15.5 Å². The molecule has 4 rings (SSSR count). The van der Waals surface area contributed by atoms with Crippen LogP contribution in [-0.2, 0) is 26.4 Å². The van der Waals surface area contributed by atoms with Crippen LogP contribution in [0.1, 0.15) is 29.8 Å². The average molecular weight is 357 g/mol. The second-order valence-electron chi connectivity index (χ2n) is 7.19. The largest absolute Gasteiger partial charge is 0.391 e. The highest BCUT2D eigenvalue weighted by atomic mass is 16.3. The lowest BCUT2D eigenvalue weighted by Gasteiger charge is -2.26. The van der Waals surface area contributed by atoms with E-state index in [9.17, 15) is 5.11 Å². The first-order valence-corrected chi connectivity index (χ1v) is 9.34. The van der Waals surface area contributed by atoms with Crippen LogP contribution in [0, 0.1) is 0 Å². The predicted octanol–water partition coefficient (Wildman–Crippen LogP) is 0.470. The molecule has 8 heteroatoms. The van der Waals surface area contributed by atoms with Crippen LogP contribution in [0.4, 0.5) is 11.6 Å². The number of hydrogen-bond donors (Lipinski definition) is 3. The number of aryl methyl sites for hydroxylation is 2. The van der Waals surface area contributed by atoms with E-state index in [1.807, 2.05) is 24.8 Å². The summed E-state index contributed by atoms with van der Waals surface area (Å²) in [6.45, 7) is 2.22. The van der Waals surface area contributed by atoms with Gasteiger partial charge in [0.05, 0.1) is 17.5 Å². The zero-order chi connectivity index (χ0) is 18.1. The number of rotatable bonds is 6. The fraction of sp³-hybridized carbons (Fsp3) is 0.611. The van der Waals surface area contributed by atoms with Gasteiger partial charge in [0.25, 0.3) is 0 Å². The van der Waals surface area contributed by atoms with Crippen molar-refractivity contribution in [1.29, 1.82) is 0 Å². The Kier molecular flexibility index (Phi) is 4.78. The highest BCUT2D eigenvalue weighted by molar-refractivity contribution is 5.50. The van der Waals surface area contributed by atoms with E-state index in [0.717, 1.165) is 44.0 Å². The molecule has 1 aliphatic carbocycles. The third-order valence-corrected chi connectivity index (χ3v) is 5.47. The van der Waals surface area contributed by atoms with Crippen LogP contribution in [-0.4, -0.2) is 57.1 Å². The second kappa shape index (κ2) is 7.20. The molecular formula is C18H27N7O. The standard InChI is InChI=1S/C18H27N7O/c1-19-17-7-18(22-11-21-17)25-10-13(26)6-12(25)8-20-9-16-14-4-3-5-15(14)23-24(16)2/h7,11-13,20,26H,3-6,8-10H2,1-2H3,(H,19,21,22)/t12-,13-/m1/s1. The highest BCUT2D eigenvalue weighted by Gasteiger charge is 2.32. The van der Waals surface area contributed by atoms with E-state index in [0.29, 0.717) is 6.54 Å². The molecule has 0 aromatic carbocycles. The van der Waals surface area contributed by atoms with Crippen LogP contribution in [0.3, 0.4) is 0 Å². The molecule has 2 aromatic rings. The molecule has 8 nitrogen and oxygen atoms in total. The minimum atomic E-state index is -0.323. The van der Waals surface area contributed by atoms with E-state index in [4.69, 9.17) is 0 Å². The number of aliphatic hydroxyl groups is 1. The number of anilines is 2. The van der Waals surface area contributed by atoms with Gasteiger partial charge in [0, 0.05) is 45.8 Å². The number of hydrogen-bond acceptors (Lipinski definition) is 7. The number of β-amino-alcohol motifs (C(OH)–C–C–N with tert-alkyl or cyclic N) is 1. The minimum absolute atomic E-state index is 0.214. The monoisotopic (exact) mass is 357 g/mol. The molecule has 0 saturated carbocycles. The van der Waals surface area contributed by atoms with Crippen LogP contribution in [0.5, 0.6) is 0 Å². The lowest BCUT2D eigenvalue weighted by atomic mass is 10.1. The molecule has 1 aliphatic heterocycles. The molecule has 3 N–H and O–H groups in total. The molecule has 0 radical (unpaired) electrons. The SMILES string of the molecule is CNc1cc(N2C[C@H](O)C[C@@H]2CNCc2c3c(nn2C)CCC3)ncn1. The molecule has 0 spiro atoms. The van der Waals surface area contributed by atoms with Gasteiger partial charge >= 0.3 is 0 Å². The predicted molar refractivity (Wildman–Crippen MR) is 100 cm³/mol. The van der Waals surface area contributed by atoms with Crippen molar-refractivity contribution in [2.24, 2.45) is 7.05 Å². The average Bonchev–Trinajstić information content (AvgIpc) is 3.31. The number of fused-ring (bicyclic) bond motifs is 1. The first-order valence-electron chi connectivity index (χ1n) is 9.34. The van der Waals surface area contributed by atoms with E-state index in [-0.39, 0.29) is 12.1 Å². The summed E-state index contributed by atoms with van der Waals surface area (Å²) in [6.07, 6.45) is 5.45. The molecule has 140 valence electrons. The van der Waals surface area contributed by atoms with Gasteiger partial charge in [0.2, 0.25) is 0 Å². The summed E-state index contributed by atoms with van der Waals surface area (Å²) in [5.74, 6) is 1.64. The van der Waals surface area contributed by atoms with E-state index < -0.39 is 0 Å². The number of nitrogens with one attached hydrogen (secondary N) is 2. The lowest BCUT2D eigenvalue weighted by molar-refractivity contribution is 0.194. The van der Waals surface area contributed by atoms with Gasteiger partial charge in [-0.05, 0) is 31.2 Å². The normalized spacial score (nSPS) is 22.0. The lowest BCUT2D eigenvalue weighted by Crippen LogP contribution is -2.38. The Morgan fingerprint density at radius 1 is 1.31 bits per heavy atom. The van der Waals surface area contributed by atoms with E-state index >= 15 is 0 Å². The molecule has 0 amide bonds. The highest BCUT2D eigenvalue weighted by Crippen LogP contribution is 2.26. The van der Waals surface area contributed by atoms with Crippen molar-refractivity contribution in [3.05, 3.63) is 29.3 Å². The number of aliphatic hydroxyl groups excluding tert-OH is 1. The molecule has 2 atom stereocenters. The van der Waals surface area contributed by atoms with Gasteiger partial charge in [0.1, 0.15) is 18.0 Å². The summed E-state index contributed by atoms with van der Waals surface area (Å²) in [6, 6.07) is 2.14. The fourth-order valence-electron chi connectivity index (χ4n) is 4.17. The third-order valence-electron chi connectivity index (χ3n) is 5.47. The Bertz CT molecular complexity index is 775. The maximum Gasteiger partial charge on any atom is 0.134 e. The minimum Gasteiger partial charge on any atom is -0.391 e. The zero-order valence-corrected chi connectivity index (χ0v) is 15.4. The summed E-state index contributed by atoms with van der Waals surface area (Å²) in [7, 11) is 3.87. The van der Waals surface area contributed by atoms with Crippen LogP contribution in [0.25, 0.3) is 0 Å². The van der Waals surface area contributed by atoms with Gasteiger partial charge in [-0.3, -0.25) is 4.68 Å². The molecule has 1 fully saturated rings. The molecule has 0 bridgehead atoms. The molecule has 2 aromatic heterocycles. The van der Waals surface area contributed by atoms with Crippen molar-refractivity contribution in [3.8, 4) is 0 Å². The maximum atomic E-state index is 10.2. The summed E-state index contributed by atoms with van der Waals surface area (Å²) in [4.78, 5) is 10.7. The van der Waals surface area contributed by atoms with Crippen molar-refractivity contribution in [2.45, 2.75) is 44.4 Å². The third kappa shape index (κ3) is 3.26. The maximum absolute atomic E-state index is 10.2. The Labute approximate surface area is 153 Å². The molecule has 3 heterocycles. The summed E-state index contributed by atoms with van der Waals surface area (Å²) >= 11 is 0. The van der Waals surface area contributed by atoms with Gasteiger partial charge < -0.3 is 20.6 Å². The first-order chi connectivity index (χ1) is 12.7. The summed E-state index contributed by atoms with van der Waals surface area (Å²) in [5.41, 5.74) is 3.99. The van der Waals surface area contributed by atoms with Crippen LogP contribution in [0.15, 0.2) is 12.4 Å².